The molecule has 0 atom stereocenters. The predicted octanol–water partition coefficient (Wildman–Crippen LogP) is 1.59. The van der Waals surface area contributed by atoms with Gasteiger partial charge in [0, 0.05) is 22.4 Å². The minimum Gasteiger partial charge on any atom is -0.502 e. The predicted molar refractivity (Wildman–Crippen MR) is 60.4 cm³/mol. The van der Waals surface area contributed by atoms with Crippen molar-refractivity contribution < 1.29 is 52.4 Å². The number of aliphatic hydroxyl groups is 2. The van der Waals surface area contributed by atoms with E-state index in [-0.39, 0.29) is 22.4 Å². The van der Waals surface area contributed by atoms with Gasteiger partial charge < -0.3 is 20.4 Å². The average Bonchev–Trinajstić information content (AvgIpc) is 2.75. The summed E-state index contributed by atoms with van der Waals surface area (Å²) < 4.78 is 0. The molecule has 1 aliphatic carbocycles. The van der Waals surface area contributed by atoms with Gasteiger partial charge in [0.2, 0.25) is 0 Å². The van der Waals surface area contributed by atoms with Crippen LogP contribution in [0.15, 0.2) is 42.9 Å². The molecule has 1 aliphatic rings. The zero-order valence-electron chi connectivity index (χ0n) is 9.41. The largest absolute Gasteiger partial charge is 0.502 e. The van der Waals surface area contributed by atoms with Gasteiger partial charge in [0.1, 0.15) is 0 Å². The zero-order chi connectivity index (χ0) is 13.8. The Morgan fingerprint density at radius 1 is 1.00 bits per heavy atom. The van der Waals surface area contributed by atoms with Crippen LogP contribution in [0.5, 0.6) is 0 Å². The van der Waals surface area contributed by atoms with Crippen LogP contribution in [-0.4, -0.2) is 32.4 Å². The van der Waals surface area contributed by atoms with Gasteiger partial charge in [-0.05, 0) is 13.2 Å². The van der Waals surface area contributed by atoms with Crippen LogP contribution in [0.2, 0.25) is 0 Å². The molecule has 0 aromatic heterocycles. The van der Waals surface area contributed by atoms with Gasteiger partial charge in [0.15, 0.2) is 11.5 Å². The number of carboxylic acid groups (broad SMARTS) is 2. The third-order valence-corrected chi connectivity index (χ3v) is 1.08. The maximum absolute atomic E-state index is 9.35. The second-order valence-electron chi connectivity index (χ2n) is 2.51. The van der Waals surface area contributed by atoms with E-state index in [4.69, 9.17) is 20.4 Å². The molecule has 6 nitrogen and oxygen atoms in total. The van der Waals surface area contributed by atoms with E-state index in [1.54, 1.807) is 0 Å². The van der Waals surface area contributed by atoms with E-state index in [1.807, 2.05) is 12.2 Å². The molecular weight excluding hydrogens is 321 g/mol. The van der Waals surface area contributed by atoms with Gasteiger partial charge in [-0.15, -0.1) is 6.42 Å². The Balaban J connectivity index is -0.000000183. The number of aliphatic hydroxyl groups excluding tert-OH is 2. The number of allylic oxidation sites excluding steroid dienone is 4. The van der Waals surface area contributed by atoms with Crippen molar-refractivity contribution in [3.63, 3.8) is 0 Å². The van der Waals surface area contributed by atoms with E-state index in [0.29, 0.717) is 0 Å². The van der Waals surface area contributed by atoms with Gasteiger partial charge >= 0.3 is 11.9 Å². The van der Waals surface area contributed by atoms with Crippen LogP contribution in [0.3, 0.4) is 0 Å². The molecule has 0 heterocycles. The third kappa shape index (κ3) is 19.8. The van der Waals surface area contributed by atoms with Crippen molar-refractivity contribution in [2.24, 2.45) is 0 Å². The second-order valence-corrected chi connectivity index (χ2v) is 2.51. The van der Waals surface area contributed by atoms with E-state index < -0.39 is 23.5 Å². The van der Waals surface area contributed by atoms with E-state index in [2.05, 4.69) is 25.3 Å². The monoisotopic (exact) mass is 334 g/mol. The second kappa shape index (κ2) is 13.3. The van der Waals surface area contributed by atoms with Gasteiger partial charge in [0.05, 0.1) is 0 Å². The van der Waals surface area contributed by atoms with Crippen molar-refractivity contribution in [1.29, 1.82) is 0 Å². The molecule has 0 aromatic carbocycles. The summed E-state index contributed by atoms with van der Waals surface area (Å²) in [6.07, 6.45) is 10.0. The molecule has 18 heavy (non-hydrogen) atoms. The number of aliphatic carboxylic acids is 2. The van der Waals surface area contributed by atoms with Crippen LogP contribution in [-0.2, 0) is 32.0 Å². The minimum atomic E-state index is -1.38. The standard InChI is InChI=1S/C5H5.2C3H4O3.Nb/c1-2-4-5-3-1;2*1-2(4)3(5)6;/h1-3H,4H2;2*4H,1H2,(H,5,6);/q-1;;;. The van der Waals surface area contributed by atoms with Crippen LogP contribution in [0, 0.1) is 6.08 Å². The SMILES string of the molecule is C=C(O)C(=O)O.C=C(O)C(=O)O.[C-]1=CC=CC1.[Nb]. The molecule has 0 unspecified atom stereocenters. The fourth-order valence-electron chi connectivity index (χ4n) is 0.340. The van der Waals surface area contributed by atoms with Gasteiger partial charge in [-0.25, -0.2) is 21.7 Å². The molecule has 0 fully saturated rings. The summed E-state index contributed by atoms with van der Waals surface area (Å²) in [6.45, 7) is 5.42. The number of hydrogen-bond acceptors (Lipinski definition) is 4. The Hall–Kier alpha value is -1.76. The molecule has 99 valence electrons. The first kappa shape index (κ1) is 21.5. The molecule has 1 rings (SSSR count). The summed E-state index contributed by atoms with van der Waals surface area (Å²) in [4.78, 5) is 18.7. The summed E-state index contributed by atoms with van der Waals surface area (Å²) >= 11 is 0. The fourth-order valence-corrected chi connectivity index (χ4v) is 0.340. The average molecular weight is 334 g/mol. The Kier molecular flexibility index (Phi) is 15.9. The quantitative estimate of drug-likeness (QED) is 0.264. The molecule has 7 heteroatoms. The van der Waals surface area contributed by atoms with Crippen molar-refractivity contribution in [3.05, 3.63) is 49.0 Å². The maximum atomic E-state index is 9.35. The van der Waals surface area contributed by atoms with Crippen LogP contribution in [0.25, 0.3) is 0 Å². The molecule has 0 aromatic rings. The van der Waals surface area contributed by atoms with E-state index in [0.717, 1.165) is 6.42 Å². The topological polar surface area (TPSA) is 115 Å². The molecule has 1 radical (unpaired) electrons. The van der Waals surface area contributed by atoms with Gasteiger partial charge in [0.25, 0.3) is 0 Å². The first-order valence-corrected chi connectivity index (χ1v) is 4.23. The molecule has 0 aliphatic heterocycles. The Bertz CT molecular complexity index is 299. The van der Waals surface area contributed by atoms with Crippen molar-refractivity contribution in [1.82, 2.24) is 0 Å². The van der Waals surface area contributed by atoms with Crippen molar-refractivity contribution >= 4 is 11.9 Å². The summed E-state index contributed by atoms with van der Waals surface area (Å²) in [5, 5.41) is 31.0. The molecule has 4 N–H and O–H groups in total. The summed E-state index contributed by atoms with van der Waals surface area (Å²) in [6, 6.07) is 0. The van der Waals surface area contributed by atoms with Gasteiger partial charge in [-0.2, -0.15) is 6.08 Å². The summed E-state index contributed by atoms with van der Waals surface area (Å²) in [5.74, 6) is -4.41. The van der Waals surface area contributed by atoms with Crippen LogP contribution in [0.4, 0.5) is 0 Å². The number of carbonyl (C=O) groups is 2. The van der Waals surface area contributed by atoms with Crippen LogP contribution in [0.1, 0.15) is 6.42 Å². The molecular formula is C11H13NbO6-. The summed E-state index contributed by atoms with van der Waals surface area (Å²) in [5.41, 5.74) is 0. The minimum absolute atomic E-state index is 0. The van der Waals surface area contributed by atoms with Crippen molar-refractivity contribution in [3.8, 4) is 0 Å². The van der Waals surface area contributed by atoms with Crippen molar-refractivity contribution in [2.45, 2.75) is 6.42 Å². The van der Waals surface area contributed by atoms with Gasteiger partial charge in [-0.3, -0.25) is 6.08 Å². The van der Waals surface area contributed by atoms with Gasteiger partial charge in [-0.1, -0.05) is 0 Å². The Morgan fingerprint density at radius 2 is 1.33 bits per heavy atom. The molecule has 0 amide bonds. The first-order valence-electron chi connectivity index (χ1n) is 4.23. The summed E-state index contributed by atoms with van der Waals surface area (Å²) in [7, 11) is 0. The van der Waals surface area contributed by atoms with E-state index in [1.165, 1.54) is 0 Å². The third-order valence-electron chi connectivity index (χ3n) is 1.08. The molecule has 0 spiro atoms. The number of rotatable bonds is 2. The zero-order valence-corrected chi connectivity index (χ0v) is 11.6. The number of hydrogen-bond donors (Lipinski definition) is 4. The first-order chi connectivity index (χ1) is 7.79. The fraction of sp³-hybridized carbons (Fsp3) is 0.0909. The molecule has 0 saturated carbocycles. The molecule has 0 bridgehead atoms. The van der Waals surface area contributed by atoms with Crippen LogP contribution < -0.4 is 0 Å². The maximum Gasteiger partial charge on any atom is 0.370 e. The van der Waals surface area contributed by atoms with Crippen LogP contribution >= 0.6 is 0 Å². The van der Waals surface area contributed by atoms with E-state index in [9.17, 15) is 9.59 Å². The normalized spacial score (nSPS) is 9.78. The smallest absolute Gasteiger partial charge is 0.370 e. The van der Waals surface area contributed by atoms with Crippen molar-refractivity contribution in [2.75, 3.05) is 0 Å². The molecule has 0 saturated heterocycles. The Morgan fingerprint density at radius 3 is 1.39 bits per heavy atom. The Labute approximate surface area is 120 Å². The van der Waals surface area contributed by atoms with E-state index >= 15 is 0 Å². The number of carboxylic acids is 2.